The molecule has 1 aromatic heterocycles. The van der Waals surface area contributed by atoms with Crippen LogP contribution in [-0.4, -0.2) is 19.6 Å². The van der Waals surface area contributed by atoms with E-state index in [1.54, 1.807) is 25.5 Å². The number of carbonyl (C=O) groups is 1. The molecule has 5 heteroatoms. The normalized spacial score (nSPS) is 11.4. The maximum atomic E-state index is 12.0. The highest BCUT2D eigenvalue weighted by Gasteiger charge is 2.15. The van der Waals surface area contributed by atoms with E-state index in [1.807, 2.05) is 43.3 Å². The van der Waals surface area contributed by atoms with Gasteiger partial charge in [0.1, 0.15) is 11.3 Å². The molecule has 0 radical (unpaired) electrons. The van der Waals surface area contributed by atoms with Crippen LogP contribution >= 0.6 is 15.9 Å². The number of furan rings is 1. The lowest BCUT2D eigenvalue weighted by Crippen LogP contribution is -2.20. The second kappa shape index (κ2) is 8.27. The van der Waals surface area contributed by atoms with Gasteiger partial charge in [-0.1, -0.05) is 34.1 Å². The van der Waals surface area contributed by atoms with E-state index in [0.29, 0.717) is 12.3 Å². The third kappa shape index (κ3) is 4.14. The van der Waals surface area contributed by atoms with Crippen molar-refractivity contribution in [1.82, 2.24) is 5.32 Å². The number of hydrogen-bond acceptors (Lipinski definition) is 3. The monoisotopic (exact) mass is 425 g/mol. The van der Waals surface area contributed by atoms with Crippen LogP contribution < -0.4 is 10.1 Å². The third-order valence-corrected chi connectivity index (χ3v) is 4.72. The summed E-state index contributed by atoms with van der Waals surface area (Å²) in [6.45, 7) is 5.91. The molecule has 0 spiro atoms. The van der Waals surface area contributed by atoms with Gasteiger partial charge < -0.3 is 14.5 Å². The van der Waals surface area contributed by atoms with E-state index in [0.717, 1.165) is 37.7 Å². The Hall–Kier alpha value is -2.79. The number of ether oxygens (including phenoxy) is 1. The van der Waals surface area contributed by atoms with Gasteiger partial charge in [-0.3, -0.25) is 4.79 Å². The first-order chi connectivity index (χ1) is 13.0. The van der Waals surface area contributed by atoms with Gasteiger partial charge in [-0.15, -0.1) is 6.58 Å². The summed E-state index contributed by atoms with van der Waals surface area (Å²) in [5, 5.41) is 3.71. The van der Waals surface area contributed by atoms with Crippen LogP contribution in [0.3, 0.4) is 0 Å². The molecule has 0 aliphatic rings. The number of fused-ring (bicyclic) bond motifs is 1. The second-order valence-corrected chi connectivity index (χ2v) is 6.99. The number of rotatable bonds is 6. The molecule has 0 unspecified atom stereocenters. The van der Waals surface area contributed by atoms with Gasteiger partial charge in [-0.05, 0) is 36.3 Å². The standard InChI is InChI=1S/C22H20BrNO3/c1-4-8-24-22(25)9-14(2)17-11-18-19(15-6-5-7-16(23)10-15)13-27-21(18)12-20(17)26-3/h4-7,9-13H,1,8H2,2-3H3,(H,24,25)/b14-9+. The number of hydrogen-bond donors (Lipinski definition) is 1. The molecule has 0 atom stereocenters. The molecule has 0 saturated heterocycles. The van der Waals surface area contributed by atoms with Gasteiger partial charge in [0.15, 0.2) is 0 Å². The van der Waals surface area contributed by atoms with Crippen molar-refractivity contribution in [2.45, 2.75) is 6.92 Å². The summed E-state index contributed by atoms with van der Waals surface area (Å²) in [7, 11) is 1.61. The molecule has 0 aliphatic carbocycles. The van der Waals surface area contributed by atoms with Crippen LogP contribution in [0.15, 0.2) is 70.3 Å². The molecule has 2 aromatic carbocycles. The molecular weight excluding hydrogens is 406 g/mol. The van der Waals surface area contributed by atoms with Gasteiger partial charge in [-0.25, -0.2) is 0 Å². The van der Waals surface area contributed by atoms with Gasteiger partial charge in [-0.2, -0.15) is 0 Å². The summed E-state index contributed by atoms with van der Waals surface area (Å²) in [6.07, 6.45) is 4.95. The average molecular weight is 426 g/mol. The van der Waals surface area contributed by atoms with E-state index in [2.05, 4.69) is 27.8 Å². The number of halogens is 1. The first-order valence-electron chi connectivity index (χ1n) is 8.46. The molecular formula is C22H20BrNO3. The summed E-state index contributed by atoms with van der Waals surface area (Å²) in [4.78, 5) is 12.0. The molecule has 3 rings (SSSR count). The quantitative estimate of drug-likeness (QED) is 0.414. The molecule has 0 saturated carbocycles. The van der Waals surface area contributed by atoms with E-state index in [9.17, 15) is 4.79 Å². The number of methoxy groups -OCH3 is 1. The molecule has 0 bridgehead atoms. The largest absolute Gasteiger partial charge is 0.496 e. The average Bonchev–Trinajstić information content (AvgIpc) is 3.08. The summed E-state index contributed by atoms with van der Waals surface area (Å²) in [5.41, 5.74) is 4.41. The fourth-order valence-corrected chi connectivity index (χ4v) is 3.31. The highest BCUT2D eigenvalue weighted by molar-refractivity contribution is 9.10. The molecule has 0 fully saturated rings. The number of amides is 1. The minimum atomic E-state index is -0.172. The molecule has 1 N–H and O–H groups in total. The third-order valence-electron chi connectivity index (χ3n) is 4.22. The minimum Gasteiger partial charge on any atom is -0.496 e. The molecule has 1 amide bonds. The Balaban J connectivity index is 2.09. The smallest absolute Gasteiger partial charge is 0.244 e. The number of benzene rings is 2. The zero-order chi connectivity index (χ0) is 19.4. The number of allylic oxidation sites excluding steroid dienone is 1. The molecule has 4 nitrogen and oxygen atoms in total. The second-order valence-electron chi connectivity index (χ2n) is 6.07. The Labute approximate surface area is 166 Å². The minimum absolute atomic E-state index is 0.172. The highest BCUT2D eigenvalue weighted by Crippen LogP contribution is 2.37. The van der Waals surface area contributed by atoms with Gasteiger partial charge in [0, 0.05) is 39.7 Å². The van der Waals surface area contributed by atoms with Crippen molar-refractivity contribution in [3.05, 3.63) is 71.4 Å². The SMILES string of the molecule is C=CCNC(=O)/C=C(\C)c1cc2c(-c3cccc(Br)c3)coc2cc1OC. The van der Waals surface area contributed by atoms with Crippen LogP contribution in [0.5, 0.6) is 5.75 Å². The predicted octanol–water partition coefficient (Wildman–Crippen LogP) is 5.58. The fraction of sp³-hybridized carbons (Fsp3) is 0.136. The van der Waals surface area contributed by atoms with Crippen LogP contribution in [0.4, 0.5) is 0 Å². The van der Waals surface area contributed by atoms with Crippen LogP contribution in [0.25, 0.3) is 27.7 Å². The summed E-state index contributed by atoms with van der Waals surface area (Å²) < 4.78 is 12.3. The zero-order valence-corrected chi connectivity index (χ0v) is 16.8. The van der Waals surface area contributed by atoms with Crippen LogP contribution in [0.1, 0.15) is 12.5 Å². The van der Waals surface area contributed by atoms with E-state index < -0.39 is 0 Å². The van der Waals surface area contributed by atoms with E-state index in [-0.39, 0.29) is 5.91 Å². The molecule has 138 valence electrons. The number of nitrogens with one attached hydrogen (secondary N) is 1. The topological polar surface area (TPSA) is 51.5 Å². The molecule has 3 aromatic rings. The Morgan fingerprint density at radius 1 is 1.33 bits per heavy atom. The van der Waals surface area contributed by atoms with E-state index >= 15 is 0 Å². The van der Waals surface area contributed by atoms with Gasteiger partial charge >= 0.3 is 0 Å². The molecule has 1 heterocycles. The van der Waals surface area contributed by atoms with Crippen LogP contribution in [0, 0.1) is 0 Å². The van der Waals surface area contributed by atoms with Crippen molar-refractivity contribution in [2.75, 3.05) is 13.7 Å². The first kappa shape index (κ1) is 19.0. The van der Waals surface area contributed by atoms with Crippen molar-refractivity contribution >= 4 is 38.4 Å². The fourth-order valence-electron chi connectivity index (χ4n) is 2.91. The molecule has 0 aliphatic heterocycles. The zero-order valence-electron chi connectivity index (χ0n) is 15.2. The Kier molecular flexibility index (Phi) is 5.81. The van der Waals surface area contributed by atoms with Gasteiger partial charge in [0.2, 0.25) is 5.91 Å². The predicted molar refractivity (Wildman–Crippen MR) is 113 cm³/mol. The Morgan fingerprint density at radius 3 is 2.85 bits per heavy atom. The lowest BCUT2D eigenvalue weighted by Gasteiger charge is -2.10. The Bertz CT molecular complexity index is 1030. The lowest BCUT2D eigenvalue weighted by atomic mass is 9.99. The highest BCUT2D eigenvalue weighted by atomic mass is 79.9. The van der Waals surface area contributed by atoms with Crippen LogP contribution in [-0.2, 0) is 4.79 Å². The summed E-state index contributed by atoms with van der Waals surface area (Å²) in [5.74, 6) is 0.483. The maximum absolute atomic E-state index is 12.0. The maximum Gasteiger partial charge on any atom is 0.244 e. The number of carbonyl (C=O) groups excluding carboxylic acids is 1. The van der Waals surface area contributed by atoms with Crippen LogP contribution in [0.2, 0.25) is 0 Å². The van der Waals surface area contributed by atoms with Crippen molar-refractivity contribution in [2.24, 2.45) is 0 Å². The van der Waals surface area contributed by atoms with Gasteiger partial charge in [0.05, 0.1) is 13.4 Å². The van der Waals surface area contributed by atoms with Crippen molar-refractivity contribution < 1.29 is 13.9 Å². The van der Waals surface area contributed by atoms with Crippen molar-refractivity contribution in [1.29, 1.82) is 0 Å². The van der Waals surface area contributed by atoms with Crippen molar-refractivity contribution in [3.8, 4) is 16.9 Å². The van der Waals surface area contributed by atoms with E-state index in [4.69, 9.17) is 9.15 Å². The van der Waals surface area contributed by atoms with Crippen molar-refractivity contribution in [3.63, 3.8) is 0 Å². The first-order valence-corrected chi connectivity index (χ1v) is 9.25. The molecule has 27 heavy (non-hydrogen) atoms. The van der Waals surface area contributed by atoms with E-state index in [1.165, 1.54) is 0 Å². The van der Waals surface area contributed by atoms with Gasteiger partial charge in [0.25, 0.3) is 0 Å². The summed E-state index contributed by atoms with van der Waals surface area (Å²) >= 11 is 3.51. The lowest BCUT2D eigenvalue weighted by molar-refractivity contribution is -0.116. The summed E-state index contributed by atoms with van der Waals surface area (Å²) in [6, 6.07) is 11.9. The Morgan fingerprint density at radius 2 is 2.15 bits per heavy atom.